The fraction of sp³-hybridized carbons (Fsp3) is 0.263. The van der Waals surface area contributed by atoms with Crippen LogP contribution in [0.3, 0.4) is 0 Å². The molecule has 6 nitrogen and oxygen atoms in total. The molecule has 1 saturated heterocycles. The van der Waals surface area contributed by atoms with Crippen LogP contribution in [-0.2, 0) is 16.2 Å². The lowest BCUT2D eigenvalue weighted by atomic mass is 9.99. The molecule has 1 fully saturated rings. The van der Waals surface area contributed by atoms with E-state index in [4.69, 9.17) is 4.84 Å². The van der Waals surface area contributed by atoms with Gasteiger partial charge in [0.15, 0.2) is 0 Å². The molecule has 2 aliphatic heterocycles. The standard InChI is InChI=1S/C19H19N3O3S/c1-2-9-25-22-15-12-21(19(22)24)16(17-14(15)8-10-26-17)18(23)20-11-13-6-4-3-5-7-13/h2-8,10,15-16H,1,9,11-12H2,(H,20,23). The van der Waals surface area contributed by atoms with Gasteiger partial charge < -0.3 is 10.2 Å². The van der Waals surface area contributed by atoms with Gasteiger partial charge in [-0.05, 0) is 22.6 Å². The Morgan fingerprint density at radius 1 is 1.35 bits per heavy atom. The van der Waals surface area contributed by atoms with Crippen LogP contribution in [0.2, 0.25) is 0 Å². The largest absolute Gasteiger partial charge is 0.350 e. The van der Waals surface area contributed by atoms with Crippen molar-refractivity contribution in [2.24, 2.45) is 0 Å². The summed E-state index contributed by atoms with van der Waals surface area (Å²) < 4.78 is 0. The van der Waals surface area contributed by atoms with E-state index in [0.717, 1.165) is 16.0 Å². The molecule has 134 valence electrons. The second-order valence-electron chi connectivity index (χ2n) is 6.21. The molecule has 2 aromatic rings. The molecule has 2 atom stereocenters. The van der Waals surface area contributed by atoms with Gasteiger partial charge in [0, 0.05) is 11.4 Å². The lowest BCUT2D eigenvalue weighted by Crippen LogP contribution is -2.42. The van der Waals surface area contributed by atoms with Crippen molar-refractivity contribution in [3.63, 3.8) is 0 Å². The molecule has 2 aliphatic rings. The molecule has 2 unspecified atom stereocenters. The summed E-state index contributed by atoms with van der Waals surface area (Å²) in [6.07, 6.45) is 1.60. The minimum atomic E-state index is -0.616. The fourth-order valence-electron chi connectivity index (χ4n) is 3.43. The van der Waals surface area contributed by atoms with E-state index in [1.54, 1.807) is 11.0 Å². The number of amides is 3. The third-order valence-corrected chi connectivity index (χ3v) is 5.61. The monoisotopic (exact) mass is 369 g/mol. The Balaban J connectivity index is 1.56. The highest BCUT2D eigenvalue weighted by Crippen LogP contribution is 2.46. The highest BCUT2D eigenvalue weighted by atomic mass is 32.1. The van der Waals surface area contributed by atoms with E-state index in [1.807, 2.05) is 41.8 Å². The van der Waals surface area contributed by atoms with Crippen molar-refractivity contribution in [3.05, 3.63) is 70.4 Å². The topological polar surface area (TPSA) is 61.9 Å². The Hall–Kier alpha value is -2.64. The number of carbonyl (C=O) groups excluding carboxylic acids is 2. The predicted molar refractivity (Wildman–Crippen MR) is 98.2 cm³/mol. The first-order valence-electron chi connectivity index (χ1n) is 8.43. The van der Waals surface area contributed by atoms with E-state index in [1.165, 1.54) is 16.4 Å². The van der Waals surface area contributed by atoms with Crippen LogP contribution >= 0.6 is 11.3 Å². The average molecular weight is 369 g/mol. The highest BCUT2D eigenvalue weighted by Gasteiger charge is 2.51. The van der Waals surface area contributed by atoms with E-state index >= 15 is 0 Å². The van der Waals surface area contributed by atoms with Crippen LogP contribution in [-0.4, -0.2) is 35.1 Å². The van der Waals surface area contributed by atoms with Crippen LogP contribution < -0.4 is 5.32 Å². The van der Waals surface area contributed by atoms with Gasteiger partial charge >= 0.3 is 6.03 Å². The van der Waals surface area contributed by atoms with Crippen LogP contribution in [0.1, 0.15) is 28.1 Å². The van der Waals surface area contributed by atoms with E-state index in [2.05, 4.69) is 11.9 Å². The fourth-order valence-corrected chi connectivity index (χ4v) is 4.49. The number of fused-ring (bicyclic) bond motifs is 4. The first-order valence-corrected chi connectivity index (χ1v) is 9.31. The van der Waals surface area contributed by atoms with Crippen molar-refractivity contribution in [1.82, 2.24) is 15.3 Å². The Labute approximate surface area is 155 Å². The Morgan fingerprint density at radius 3 is 2.92 bits per heavy atom. The minimum absolute atomic E-state index is 0.171. The minimum Gasteiger partial charge on any atom is -0.350 e. The van der Waals surface area contributed by atoms with Gasteiger partial charge in [0.05, 0.1) is 13.2 Å². The number of nitrogens with zero attached hydrogens (tertiary/aromatic N) is 2. The summed E-state index contributed by atoms with van der Waals surface area (Å²) in [6.45, 7) is 4.75. The van der Waals surface area contributed by atoms with Gasteiger partial charge in [-0.25, -0.2) is 4.79 Å². The predicted octanol–water partition coefficient (Wildman–Crippen LogP) is 3.02. The van der Waals surface area contributed by atoms with E-state index in [0.29, 0.717) is 13.1 Å². The third kappa shape index (κ3) is 2.79. The lowest BCUT2D eigenvalue weighted by Gasteiger charge is -2.29. The molecule has 1 N–H and O–H groups in total. The zero-order valence-corrected chi connectivity index (χ0v) is 14.9. The summed E-state index contributed by atoms with van der Waals surface area (Å²) in [5, 5.41) is 6.29. The van der Waals surface area contributed by atoms with Gasteiger partial charge in [0.2, 0.25) is 5.91 Å². The quantitative estimate of drug-likeness (QED) is 0.796. The number of benzene rings is 1. The molecule has 0 spiro atoms. The SMILES string of the molecule is C=CCON1C(=O)N2CC1c1ccsc1C2C(=O)NCc1ccccc1. The molecule has 3 heterocycles. The molecule has 0 saturated carbocycles. The number of urea groups is 1. The molecule has 0 aliphatic carbocycles. The summed E-state index contributed by atoms with van der Waals surface area (Å²) in [7, 11) is 0. The molecular weight excluding hydrogens is 350 g/mol. The van der Waals surface area contributed by atoms with Crippen LogP contribution in [0, 0.1) is 0 Å². The van der Waals surface area contributed by atoms with Crippen molar-refractivity contribution in [2.75, 3.05) is 13.2 Å². The number of thiophene rings is 1. The van der Waals surface area contributed by atoms with Gasteiger partial charge in [-0.15, -0.1) is 17.9 Å². The third-order valence-electron chi connectivity index (χ3n) is 4.62. The molecule has 26 heavy (non-hydrogen) atoms. The second kappa shape index (κ2) is 6.93. The van der Waals surface area contributed by atoms with Crippen molar-refractivity contribution in [2.45, 2.75) is 18.6 Å². The summed E-state index contributed by atoms with van der Waals surface area (Å²) >= 11 is 1.50. The van der Waals surface area contributed by atoms with Gasteiger partial charge in [-0.2, -0.15) is 5.06 Å². The number of hydrogen-bond acceptors (Lipinski definition) is 4. The Morgan fingerprint density at radius 2 is 2.15 bits per heavy atom. The zero-order valence-electron chi connectivity index (χ0n) is 14.1. The van der Waals surface area contributed by atoms with Crippen LogP contribution in [0.15, 0.2) is 54.4 Å². The molecule has 2 bridgehead atoms. The molecule has 1 aromatic heterocycles. The highest BCUT2D eigenvalue weighted by molar-refractivity contribution is 7.10. The van der Waals surface area contributed by atoms with Gasteiger partial charge in [0.25, 0.3) is 0 Å². The number of hydroxylamine groups is 2. The van der Waals surface area contributed by atoms with Crippen LogP contribution in [0.5, 0.6) is 0 Å². The maximum atomic E-state index is 12.9. The lowest BCUT2D eigenvalue weighted by molar-refractivity contribution is -0.126. The van der Waals surface area contributed by atoms with Crippen molar-refractivity contribution in [1.29, 1.82) is 0 Å². The molecule has 0 radical (unpaired) electrons. The van der Waals surface area contributed by atoms with Gasteiger partial charge in [-0.1, -0.05) is 36.4 Å². The van der Waals surface area contributed by atoms with Gasteiger partial charge in [0.1, 0.15) is 12.1 Å². The molecule has 1 aromatic carbocycles. The smallest absolute Gasteiger partial charge is 0.345 e. The molecule has 7 heteroatoms. The zero-order chi connectivity index (χ0) is 18.1. The molecule has 3 amide bonds. The Bertz CT molecular complexity index is 836. The summed E-state index contributed by atoms with van der Waals surface area (Å²) in [4.78, 5) is 33.7. The normalized spacial score (nSPS) is 20.8. The number of hydrogen-bond donors (Lipinski definition) is 1. The van der Waals surface area contributed by atoms with Crippen LogP contribution in [0.25, 0.3) is 0 Å². The Kier molecular flexibility index (Phi) is 4.48. The van der Waals surface area contributed by atoms with Crippen molar-refractivity contribution >= 4 is 23.3 Å². The summed E-state index contributed by atoms with van der Waals surface area (Å²) in [5.74, 6) is -0.171. The maximum Gasteiger partial charge on any atom is 0.345 e. The molecular formula is C19H19N3O3S. The number of carbonyl (C=O) groups is 2. The van der Waals surface area contributed by atoms with Crippen molar-refractivity contribution < 1.29 is 14.4 Å². The van der Waals surface area contributed by atoms with E-state index in [9.17, 15) is 9.59 Å². The molecule has 4 rings (SSSR count). The summed E-state index contributed by atoms with van der Waals surface area (Å²) in [5.41, 5.74) is 2.01. The maximum absolute atomic E-state index is 12.9. The number of rotatable bonds is 6. The van der Waals surface area contributed by atoms with E-state index in [-0.39, 0.29) is 24.6 Å². The number of nitrogens with one attached hydrogen (secondary N) is 1. The van der Waals surface area contributed by atoms with Crippen LogP contribution in [0.4, 0.5) is 4.79 Å². The van der Waals surface area contributed by atoms with E-state index < -0.39 is 6.04 Å². The van der Waals surface area contributed by atoms with Crippen molar-refractivity contribution in [3.8, 4) is 0 Å². The first kappa shape index (κ1) is 16.8. The van der Waals surface area contributed by atoms with Gasteiger partial charge in [-0.3, -0.25) is 9.63 Å². The second-order valence-corrected chi connectivity index (χ2v) is 7.15. The first-order chi connectivity index (χ1) is 12.7. The average Bonchev–Trinajstić information content (AvgIpc) is 3.25. The summed E-state index contributed by atoms with van der Waals surface area (Å²) in [6, 6.07) is 10.6.